The Morgan fingerprint density at radius 2 is 1.70 bits per heavy atom. The van der Waals surface area contributed by atoms with Crippen LogP contribution in [0.5, 0.6) is 0 Å². The summed E-state index contributed by atoms with van der Waals surface area (Å²) < 4.78 is 5.50. The van der Waals surface area contributed by atoms with Gasteiger partial charge in [0.05, 0.1) is 5.56 Å². The number of hydrogen-bond acceptors (Lipinski definition) is 5. The predicted molar refractivity (Wildman–Crippen MR) is 124 cm³/mol. The van der Waals surface area contributed by atoms with E-state index in [0.29, 0.717) is 24.2 Å². The van der Waals surface area contributed by atoms with Crippen molar-refractivity contribution in [2.75, 3.05) is 13.1 Å². The zero-order valence-corrected chi connectivity index (χ0v) is 19.5. The van der Waals surface area contributed by atoms with Crippen molar-refractivity contribution in [1.82, 2.24) is 14.8 Å². The molecule has 1 aromatic heterocycles. The molecule has 0 unspecified atom stereocenters. The first-order chi connectivity index (χ1) is 15.8. The van der Waals surface area contributed by atoms with Gasteiger partial charge in [0.15, 0.2) is 0 Å². The van der Waals surface area contributed by atoms with E-state index in [1.165, 1.54) is 0 Å². The highest BCUT2D eigenvalue weighted by molar-refractivity contribution is 5.95. The number of nitrogens with zero attached hydrogens (tertiary/aromatic N) is 4. The lowest BCUT2D eigenvalue weighted by Gasteiger charge is -2.39. The van der Waals surface area contributed by atoms with Gasteiger partial charge in [-0.1, -0.05) is 12.1 Å². The highest BCUT2D eigenvalue weighted by Gasteiger charge is 2.39. The molecule has 1 saturated heterocycles. The standard InChI is InChI=1S/C26H30N4O3/c1-26(2,3)33-25(32)29-14-11-22(12-15-29)30(21-8-9-21)24(31)19-6-4-18(5-7-19)23-10-13-28-17-20(23)16-27/h4-7,10,13,17,21-22H,8-9,11-12,14-15H2,1-3H3. The number of benzene rings is 1. The van der Waals surface area contributed by atoms with Gasteiger partial charge in [-0.05, 0) is 70.2 Å². The number of nitriles is 1. The maximum absolute atomic E-state index is 13.5. The van der Waals surface area contributed by atoms with Crippen molar-refractivity contribution >= 4 is 12.0 Å². The Bertz CT molecular complexity index is 1060. The fourth-order valence-corrected chi connectivity index (χ4v) is 4.31. The lowest BCUT2D eigenvalue weighted by atomic mass is 9.99. The van der Waals surface area contributed by atoms with Crippen LogP contribution in [0.15, 0.2) is 42.7 Å². The summed E-state index contributed by atoms with van der Waals surface area (Å²) in [6, 6.07) is 11.8. The van der Waals surface area contributed by atoms with Gasteiger partial charge < -0.3 is 14.5 Å². The molecule has 172 valence electrons. The van der Waals surface area contributed by atoms with Gasteiger partial charge in [0.1, 0.15) is 11.7 Å². The van der Waals surface area contributed by atoms with Crippen LogP contribution in [-0.4, -0.2) is 57.6 Å². The van der Waals surface area contributed by atoms with E-state index >= 15 is 0 Å². The van der Waals surface area contributed by atoms with E-state index in [0.717, 1.165) is 36.8 Å². The fraction of sp³-hybridized carbons (Fsp3) is 0.462. The second-order valence-electron chi connectivity index (χ2n) is 9.75. The smallest absolute Gasteiger partial charge is 0.410 e. The Kier molecular flexibility index (Phi) is 6.37. The summed E-state index contributed by atoms with van der Waals surface area (Å²) in [6.45, 7) is 6.78. The molecule has 2 heterocycles. The summed E-state index contributed by atoms with van der Waals surface area (Å²) in [5.74, 6) is 0.0370. The van der Waals surface area contributed by atoms with Crippen LogP contribution < -0.4 is 0 Å². The third kappa shape index (κ3) is 5.33. The van der Waals surface area contributed by atoms with Crippen LogP contribution in [0.25, 0.3) is 11.1 Å². The normalized spacial score (nSPS) is 16.7. The highest BCUT2D eigenvalue weighted by atomic mass is 16.6. The second-order valence-corrected chi connectivity index (χ2v) is 9.75. The number of likely N-dealkylation sites (tertiary alicyclic amines) is 1. The molecule has 1 aromatic carbocycles. The van der Waals surface area contributed by atoms with E-state index in [1.54, 1.807) is 17.3 Å². The average Bonchev–Trinajstić information content (AvgIpc) is 3.63. The fourth-order valence-electron chi connectivity index (χ4n) is 4.31. The van der Waals surface area contributed by atoms with Crippen LogP contribution in [0.4, 0.5) is 4.79 Å². The molecule has 2 aromatic rings. The van der Waals surface area contributed by atoms with Crippen molar-refractivity contribution in [2.24, 2.45) is 0 Å². The summed E-state index contributed by atoms with van der Waals surface area (Å²) in [7, 11) is 0. The topological polar surface area (TPSA) is 86.5 Å². The summed E-state index contributed by atoms with van der Waals surface area (Å²) >= 11 is 0. The van der Waals surface area contributed by atoms with Gasteiger partial charge in [-0.2, -0.15) is 5.26 Å². The monoisotopic (exact) mass is 446 g/mol. The largest absolute Gasteiger partial charge is 0.444 e. The Balaban J connectivity index is 1.44. The zero-order valence-electron chi connectivity index (χ0n) is 19.5. The van der Waals surface area contributed by atoms with Crippen molar-refractivity contribution in [3.05, 3.63) is 53.9 Å². The van der Waals surface area contributed by atoms with Gasteiger partial charge in [0.2, 0.25) is 0 Å². The van der Waals surface area contributed by atoms with Crippen molar-refractivity contribution < 1.29 is 14.3 Å². The number of carbonyl (C=O) groups excluding carboxylic acids is 2. The van der Waals surface area contributed by atoms with Gasteiger partial charge in [0, 0.05) is 48.7 Å². The molecule has 4 rings (SSSR count). The number of rotatable bonds is 4. The van der Waals surface area contributed by atoms with E-state index in [9.17, 15) is 14.9 Å². The van der Waals surface area contributed by atoms with Crippen LogP contribution in [0.2, 0.25) is 0 Å². The quantitative estimate of drug-likeness (QED) is 0.684. The molecular formula is C26H30N4O3. The van der Waals surface area contributed by atoms with E-state index < -0.39 is 5.60 Å². The molecule has 0 radical (unpaired) electrons. The Hall–Kier alpha value is -3.40. The van der Waals surface area contributed by atoms with E-state index in [4.69, 9.17) is 4.74 Å². The number of ether oxygens (including phenoxy) is 1. The molecule has 2 fully saturated rings. The molecule has 0 atom stereocenters. The molecular weight excluding hydrogens is 416 g/mol. The number of amides is 2. The van der Waals surface area contributed by atoms with E-state index in [2.05, 4.69) is 11.1 Å². The van der Waals surface area contributed by atoms with Gasteiger partial charge in [-0.3, -0.25) is 9.78 Å². The minimum Gasteiger partial charge on any atom is -0.444 e. The first kappa shape index (κ1) is 22.8. The molecule has 0 N–H and O–H groups in total. The molecule has 2 aliphatic rings. The van der Waals surface area contributed by atoms with Crippen LogP contribution in [0.1, 0.15) is 62.4 Å². The molecule has 0 bridgehead atoms. The van der Waals surface area contributed by atoms with E-state index in [-0.39, 0.29) is 24.1 Å². The molecule has 1 aliphatic heterocycles. The van der Waals surface area contributed by atoms with Crippen molar-refractivity contribution in [2.45, 2.75) is 64.1 Å². The van der Waals surface area contributed by atoms with Gasteiger partial charge in [-0.25, -0.2) is 4.79 Å². The Morgan fingerprint density at radius 1 is 1.06 bits per heavy atom. The number of piperidine rings is 1. The molecule has 7 heteroatoms. The lowest BCUT2D eigenvalue weighted by Crippen LogP contribution is -2.50. The minimum absolute atomic E-state index is 0.0370. The lowest BCUT2D eigenvalue weighted by molar-refractivity contribution is 0.0142. The first-order valence-electron chi connectivity index (χ1n) is 11.5. The summed E-state index contributed by atoms with van der Waals surface area (Å²) in [6.07, 6.45) is 6.48. The average molecular weight is 447 g/mol. The van der Waals surface area contributed by atoms with E-state index in [1.807, 2.05) is 56.0 Å². The van der Waals surface area contributed by atoms with Crippen LogP contribution in [0, 0.1) is 11.3 Å². The molecule has 33 heavy (non-hydrogen) atoms. The maximum Gasteiger partial charge on any atom is 0.410 e. The number of carbonyl (C=O) groups is 2. The second kappa shape index (κ2) is 9.22. The first-order valence-corrected chi connectivity index (χ1v) is 11.5. The summed E-state index contributed by atoms with van der Waals surface area (Å²) in [5, 5.41) is 9.33. The molecule has 2 amide bonds. The van der Waals surface area contributed by atoms with Gasteiger partial charge in [-0.15, -0.1) is 0 Å². The predicted octanol–water partition coefficient (Wildman–Crippen LogP) is 4.62. The summed E-state index contributed by atoms with van der Waals surface area (Å²) in [4.78, 5) is 33.6. The van der Waals surface area contributed by atoms with Crippen LogP contribution in [-0.2, 0) is 4.74 Å². The molecule has 0 spiro atoms. The maximum atomic E-state index is 13.5. The minimum atomic E-state index is -0.514. The Labute approximate surface area is 195 Å². The van der Waals surface area contributed by atoms with Crippen molar-refractivity contribution in [1.29, 1.82) is 5.26 Å². The number of pyridine rings is 1. The zero-order chi connectivity index (χ0) is 23.6. The molecule has 1 aliphatic carbocycles. The SMILES string of the molecule is CC(C)(C)OC(=O)N1CCC(N(C(=O)c2ccc(-c3ccncc3C#N)cc2)C2CC2)CC1. The highest BCUT2D eigenvalue weighted by Crippen LogP contribution is 2.34. The third-order valence-corrected chi connectivity index (χ3v) is 6.07. The molecule has 1 saturated carbocycles. The van der Waals surface area contributed by atoms with Gasteiger partial charge >= 0.3 is 6.09 Å². The van der Waals surface area contributed by atoms with Gasteiger partial charge in [0.25, 0.3) is 5.91 Å². The van der Waals surface area contributed by atoms with Crippen LogP contribution in [0.3, 0.4) is 0 Å². The van der Waals surface area contributed by atoms with Crippen LogP contribution >= 0.6 is 0 Å². The van der Waals surface area contributed by atoms with Crippen molar-refractivity contribution in [3.8, 4) is 17.2 Å². The van der Waals surface area contributed by atoms with Crippen molar-refractivity contribution in [3.63, 3.8) is 0 Å². The third-order valence-electron chi connectivity index (χ3n) is 6.07. The number of hydrogen-bond donors (Lipinski definition) is 0. The number of aromatic nitrogens is 1. The summed E-state index contributed by atoms with van der Waals surface area (Å²) in [5.41, 5.74) is 2.33. The molecule has 7 nitrogen and oxygen atoms in total. The Morgan fingerprint density at radius 3 is 2.27 bits per heavy atom.